The Morgan fingerprint density at radius 3 is 2.36 bits per heavy atom. The number of aromatic nitrogens is 2. The Balaban J connectivity index is 0. The first-order valence-electron chi connectivity index (χ1n) is 8.73. The first-order valence-corrected chi connectivity index (χ1v) is 9.52. The van der Waals surface area contributed by atoms with E-state index in [9.17, 15) is 0 Å². The number of allylic oxidation sites excluding steroid dienone is 8. The molecule has 1 heterocycles. The highest BCUT2D eigenvalue weighted by atomic mass is 79.9. The molecule has 1 aromatic rings. The number of halogens is 1. The van der Waals surface area contributed by atoms with Crippen molar-refractivity contribution in [1.29, 1.82) is 0 Å². The zero-order valence-corrected chi connectivity index (χ0v) is 18.3. The fourth-order valence-electron chi connectivity index (χ4n) is 1.62. The summed E-state index contributed by atoms with van der Waals surface area (Å²) >= 11 is 3.38. The maximum absolute atomic E-state index is 5.84. The van der Waals surface area contributed by atoms with E-state index in [2.05, 4.69) is 39.6 Å². The average molecular weight is 409 g/mol. The number of rotatable bonds is 7. The molecule has 0 spiro atoms. The second kappa shape index (κ2) is 17.0. The summed E-state index contributed by atoms with van der Waals surface area (Å²) in [6.45, 7) is 18.5. The minimum atomic E-state index is 0.670. The highest BCUT2D eigenvalue weighted by Gasteiger charge is 2.05. The van der Waals surface area contributed by atoms with Crippen molar-refractivity contribution in [1.82, 2.24) is 9.55 Å². The Morgan fingerprint density at radius 2 is 1.88 bits per heavy atom. The van der Waals surface area contributed by atoms with Crippen molar-refractivity contribution in [2.45, 2.75) is 55.0 Å². The van der Waals surface area contributed by atoms with Crippen LogP contribution in [0.3, 0.4) is 0 Å². The van der Waals surface area contributed by atoms with Crippen LogP contribution in [-0.4, -0.2) is 9.55 Å². The van der Waals surface area contributed by atoms with Crippen LogP contribution in [0.25, 0.3) is 0 Å². The molecule has 4 heteroatoms. The molecule has 0 fully saturated rings. The molecule has 0 unspecified atom stereocenters. The van der Waals surface area contributed by atoms with Crippen molar-refractivity contribution < 1.29 is 4.74 Å². The third-order valence-corrected chi connectivity index (χ3v) is 2.94. The number of nitrogens with zero attached hydrogens (tertiary/aromatic N) is 2. The Kier molecular flexibility index (Phi) is 17.3. The molecular formula is C21H33BrN2O. The molecule has 0 aromatic carbocycles. The maximum Gasteiger partial charge on any atom is 0.219 e. The predicted octanol–water partition coefficient (Wildman–Crippen LogP) is 7.21. The summed E-state index contributed by atoms with van der Waals surface area (Å²) in [4.78, 5) is 4.15. The molecule has 140 valence electrons. The smallest absolute Gasteiger partial charge is 0.219 e. The van der Waals surface area contributed by atoms with Gasteiger partial charge >= 0.3 is 0 Å². The zero-order chi connectivity index (χ0) is 19.7. The maximum atomic E-state index is 5.84. The summed E-state index contributed by atoms with van der Waals surface area (Å²) in [5.41, 5.74) is 1.20. The molecule has 0 aliphatic heterocycles. The van der Waals surface area contributed by atoms with Crippen LogP contribution in [0.15, 0.2) is 71.4 Å². The minimum Gasteiger partial charge on any atom is -0.439 e. The van der Waals surface area contributed by atoms with E-state index in [1.54, 1.807) is 18.6 Å². The molecule has 0 atom stereocenters. The van der Waals surface area contributed by atoms with Crippen LogP contribution < -0.4 is 4.74 Å². The highest BCUT2D eigenvalue weighted by Crippen LogP contribution is 2.17. The van der Waals surface area contributed by atoms with E-state index in [0.717, 1.165) is 4.48 Å². The standard InChI is InChI=1S/C17H21BrN2O.2C2H6/c1-5-8-15(6-2)12-20-13-19-11-17(20)21-16(7-3)10-9-14(4)18;2*1-2/h5-11,13H,3,12H2,1-2,4H3;2*1-2H3/b8-5-,14-9+,15-6+,16-10+;;. The number of imidazole rings is 1. The monoisotopic (exact) mass is 408 g/mol. The normalized spacial score (nSPS) is 12.1. The van der Waals surface area contributed by atoms with E-state index < -0.39 is 0 Å². The highest BCUT2D eigenvalue weighted by molar-refractivity contribution is 9.11. The third kappa shape index (κ3) is 11.4. The lowest BCUT2D eigenvalue weighted by molar-refractivity contribution is 0.404. The van der Waals surface area contributed by atoms with Crippen LogP contribution in [0.5, 0.6) is 5.88 Å². The molecule has 0 bridgehead atoms. The lowest BCUT2D eigenvalue weighted by atomic mass is 10.2. The van der Waals surface area contributed by atoms with Crippen LogP contribution in [0.2, 0.25) is 0 Å². The summed E-state index contributed by atoms with van der Waals surface area (Å²) in [6.07, 6.45) is 15.1. The molecule has 0 amide bonds. The summed E-state index contributed by atoms with van der Waals surface area (Å²) < 4.78 is 8.81. The molecule has 25 heavy (non-hydrogen) atoms. The summed E-state index contributed by atoms with van der Waals surface area (Å²) in [7, 11) is 0. The van der Waals surface area contributed by atoms with Crippen molar-refractivity contribution >= 4 is 15.9 Å². The first kappa shape index (κ1) is 25.4. The van der Waals surface area contributed by atoms with Gasteiger partial charge in [-0.1, -0.05) is 68.4 Å². The van der Waals surface area contributed by atoms with Crippen molar-refractivity contribution in [3.05, 3.63) is 71.4 Å². The molecule has 1 aromatic heterocycles. The topological polar surface area (TPSA) is 27.1 Å². The molecule has 0 saturated carbocycles. The van der Waals surface area contributed by atoms with Gasteiger partial charge < -0.3 is 4.74 Å². The van der Waals surface area contributed by atoms with Gasteiger partial charge in [-0.05, 0) is 49.1 Å². The minimum absolute atomic E-state index is 0.670. The predicted molar refractivity (Wildman–Crippen MR) is 115 cm³/mol. The number of hydrogen-bond donors (Lipinski definition) is 0. The lowest BCUT2D eigenvalue weighted by Gasteiger charge is -2.10. The lowest BCUT2D eigenvalue weighted by Crippen LogP contribution is -2.03. The SMILES string of the molecule is C=C/C(=C\C=C(/C)Br)Oc1cncn1CC(/C=C\C)=C/C.CC.CC. The molecule has 0 radical (unpaired) electrons. The second-order valence-corrected chi connectivity index (χ2v) is 5.60. The molecular weight excluding hydrogens is 376 g/mol. The van der Waals surface area contributed by atoms with Crippen LogP contribution >= 0.6 is 15.9 Å². The summed E-state index contributed by atoms with van der Waals surface area (Å²) in [5.74, 6) is 1.36. The Hall–Kier alpha value is -1.81. The van der Waals surface area contributed by atoms with Gasteiger partial charge in [-0.2, -0.15) is 0 Å². The van der Waals surface area contributed by atoms with Crippen LogP contribution in [0.4, 0.5) is 0 Å². The van der Waals surface area contributed by atoms with Gasteiger partial charge in [0, 0.05) is 0 Å². The largest absolute Gasteiger partial charge is 0.439 e. The van der Waals surface area contributed by atoms with Gasteiger partial charge in [0.25, 0.3) is 0 Å². The van der Waals surface area contributed by atoms with Gasteiger partial charge in [-0.15, -0.1) is 0 Å². The average Bonchev–Trinajstić information content (AvgIpc) is 3.08. The van der Waals surface area contributed by atoms with Gasteiger partial charge in [0.05, 0.1) is 19.1 Å². The molecule has 0 aliphatic carbocycles. The quantitative estimate of drug-likeness (QED) is 0.352. The second-order valence-electron chi connectivity index (χ2n) is 4.35. The molecule has 0 N–H and O–H groups in total. The van der Waals surface area contributed by atoms with E-state index in [0.29, 0.717) is 18.2 Å². The van der Waals surface area contributed by atoms with Gasteiger partial charge in [-0.25, -0.2) is 4.98 Å². The van der Waals surface area contributed by atoms with E-state index in [-0.39, 0.29) is 0 Å². The summed E-state index contributed by atoms with van der Waals surface area (Å²) in [6, 6.07) is 0. The summed E-state index contributed by atoms with van der Waals surface area (Å²) in [5, 5.41) is 0. The molecule has 0 aliphatic rings. The Bertz CT molecular complexity index is 589. The Labute approximate surface area is 162 Å². The van der Waals surface area contributed by atoms with E-state index >= 15 is 0 Å². The van der Waals surface area contributed by atoms with E-state index in [1.165, 1.54) is 5.57 Å². The molecule has 3 nitrogen and oxygen atoms in total. The van der Waals surface area contributed by atoms with E-state index in [1.807, 2.05) is 71.3 Å². The molecule has 1 rings (SSSR count). The van der Waals surface area contributed by atoms with Crippen LogP contribution in [-0.2, 0) is 6.54 Å². The van der Waals surface area contributed by atoms with Gasteiger partial charge in [-0.3, -0.25) is 4.57 Å². The number of ether oxygens (including phenoxy) is 1. The zero-order valence-electron chi connectivity index (χ0n) is 16.7. The number of hydrogen-bond acceptors (Lipinski definition) is 2. The van der Waals surface area contributed by atoms with Crippen molar-refractivity contribution in [3.8, 4) is 5.88 Å². The van der Waals surface area contributed by atoms with Crippen LogP contribution in [0.1, 0.15) is 48.5 Å². The van der Waals surface area contributed by atoms with Gasteiger partial charge in [0.2, 0.25) is 5.88 Å². The van der Waals surface area contributed by atoms with Crippen molar-refractivity contribution in [2.75, 3.05) is 0 Å². The van der Waals surface area contributed by atoms with Crippen molar-refractivity contribution in [2.24, 2.45) is 0 Å². The van der Waals surface area contributed by atoms with Gasteiger partial charge in [0.1, 0.15) is 5.76 Å². The molecule has 0 saturated heterocycles. The van der Waals surface area contributed by atoms with Crippen molar-refractivity contribution in [3.63, 3.8) is 0 Å². The van der Waals surface area contributed by atoms with Crippen LogP contribution in [0, 0.1) is 0 Å². The fraction of sp³-hybridized carbons (Fsp3) is 0.381. The van der Waals surface area contributed by atoms with Gasteiger partial charge in [0.15, 0.2) is 0 Å². The van der Waals surface area contributed by atoms with E-state index in [4.69, 9.17) is 4.74 Å². The Morgan fingerprint density at radius 1 is 1.24 bits per heavy atom. The first-order chi connectivity index (χ1) is 12.1. The fourth-order valence-corrected chi connectivity index (χ4v) is 1.76. The third-order valence-electron chi connectivity index (χ3n) is 2.68.